The third-order valence-electron chi connectivity index (χ3n) is 6.66. The quantitative estimate of drug-likeness (QED) is 0.554. The van der Waals surface area contributed by atoms with E-state index in [1.807, 2.05) is 66.2 Å². The summed E-state index contributed by atoms with van der Waals surface area (Å²) in [7, 11) is 0. The number of fused-ring (bicyclic) bond motifs is 1. The van der Waals surface area contributed by atoms with E-state index in [0.29, 0.717) is 17.2 Å². The van der Waals surface area contributed by atoms with E-state index in [4.69, 9.17) is 15.6 Å². The number of anilines is 1. The van der Waals surface area contributed by atoms with Crippen molar-refractivity contribution in [2.24, 2.45) is 11.7 Å². The largest absolute Gasteiger partial charge is 0.457 e. The number of aromatic nitrogens is 2. The summed E-state index contributed by atoms with van der Waals surface area (Å²) in [6.07, 6.45) is 3.09. The van der Waals surface area contributed by atoms with Crippen LogP contribution < -0.4 is 15.8 Å². The van der Waals surface area contributed by atoms with Crippen LogP contribution in [-0.2, 0) is 0 Å². The number of carbonyl (C=O) groups excluding carboxylic acids is 1. The van der Waals surface area contributed by atoms with Gasteiger partial charge in [0.1, 0.15) is 28.6 Å². The molecule has 1 atom stereocenters. The minimum Gasteiger partial charge on any atom is -0.457 e. The number of para-hydroxylation sites is 1. The number of nitrogens with two attached hydrogens (primary N) is 1. The molecule has 1 aromatic heterocycles. The number of nitrogens with zero attached hydrogens (tertiary/aromatic N) is 3. The predicted molar refractivity (Wildman–Crippen MR) is 133 cm³/mol. The van der Waals surface area contributed by atoms with Gasteiger partial charge in [-0.1, -0.05) is 24.1 Å². The van der Waals surface area contributed by atoms with Crippen molar-refractivity contribution in [3.05, 3.63) is 60.2 Å². The Hall–Kier alpha value is -3.92. The zero-order valence-corrected chi connectivity index (χ0v) is 19.3. The van der Waals surface area contributed by atoms with Gasteiger partial charge >= 0.3 is 0 Å². The summed E-state index contributed by atoms with van der Waals surface area (Å²) >= 11 is 0. The Morgan fingerprint density at radius 1 is 1.06 bits per heavy atom. The minimum atomic E-state index is -0.470. The van der Waals surface area contributed by atoms with Crippen molar-refractivity contribution in [2.75, 3.05) is 25.0 Å². The summed E-state index contributed by atoms with van der Waals surface area (Å²) in [6, 6.07) is 20.7. The minimum absolute atomic E-state index is 0.237. The van der Waals surface area contributed by atoms with Gasteiger partial charge in [-0.05, 0) is 68.5 Å². The lowest BCUT2D eigenvalue weighted by Crippen LogP contribution is -2.37. The van der Waals surface area contributed by atoms with Crippen molar-refractivity contribution in [3.8, 4) is 34.7 Å². The number of hydrogen-bond acceptors (Lipinski definition) is 5. The Morgan fingerprint density at radius 3 is 2.44 bits per heavy atom. The normalized spacial score (nSPS) is 17.8. The first-order valence-corrected chi connectivity index (χ1v) is 11.8. The van der Waals surface area contributed by atoms with Gasteiger partial charge in [0, 0.05) is 31.2 Å². The smallest absolute Gasteiger partial charge is 0.254 e. The number of carbonyl (C=O) groups is 1. The lowest BCUT2D eigenvalue weighted by atomic mass is 9.87. The van der Waals surface area contributed by atoms with E-state index in [1.165, 1.54) is 0 Å². The van der Waals surface area contributed by atoms with Crippen LogP contribution in [0.2, 0.25) is 0 Å². The highest BCUT2D eigenvalue weighted by atomic mass is 16.5. The van der Waals surface area contributed by atoms with E-state index in [9.17, 15) is 4.79 Å². The molecule has 0 unspecified atom stereocenters. The lowest BCUT2D eigenvalue weighted by molar-refractivity contribution is 0.100. The monoisotopic (exact) mass is 455 g/mol. The Balaban J connectivity index is 1.43. The fraction of sp³-hybridized carbons (Fsp3) is 0.333. The molecule has 0 aliphatic carbocycles. The maximum Gasteiger partial charge on any atom is 0.254 e. The molecule has 1 saturated heterocycles. The average Bonchev–Trinajstić information content (AvgIpc) is 3.26. The van der Waals surface area contributed by atoms with Crippen LogP contribution >= 0.6 is 0 Å². The van der Waals surface area contributed by atoms with Crippen molar-refractivity contribution < 1.29 is 9.53 Å². The molecule has 2 aliphatic rings. The van der Waals surface area contributed by atoms with Crippen molar-refractivity contribution in [2.45, 2.75) is 32.2 Å². The second-order valence-electron chi connectivity index (χ2n) is 8.79. The van der Waals surface area contributed by atoms with Crippen LogP contribution in [0.3, 0.4) is 0 Å². The molecule has 0 saturated carbocycles. The SMILES string of the molecule is CC#CN1CCC([C@@H]2CCNc3c(C(N)=O)c(-c4ccc(Oc5ccccc5)cc4)nn32)CC1. The maximum absolute atomic E-state index is 12.5. The highest BCUT2D eigenvalue weighted by Crippen LogP contribution is 2.40. The van der Waals surface area contributed by atoms with Crippen molar-refractivity contribution in [1.29, 1.82) is 0 Å². The third kappa shape index (κ3) is 4.32. The lowest BCUT2D eigenvalue weighted by Gasteiger charge is -2.37. The molecule has 0 radical (unpaired) electrons. The van der Waals surface area contributed by atoms with E-state index >= 15 is 0 Å². The molecule has 0 bridgehead atoms. The molecule has 7 nitrogen and oxygen atoms in total. The summed E-state index contributed by atoms with van der Waals surface area (Å²) in [5.41, 5.74) is 7.75. The summed E-state index contributed by atoms with van der Waals surface area (Å²) < 4.78 is 7.92. The van der Waals surface area contributed by atoms with Gasteiger partial charge in [-0.3, -0.25) is 4.79 Å². The zero-order valence-electron chi connectivity index (χ0n) is 19.3. The molecular weight excluding hydrogens is 426 g/mol. The molecule has 2 aromatic carbocycles. The summed E-state index contributed by atoms with van der Waals surface area (Å²) in [6.45, 7) is 4.60. The van der Waals surface area contributed by atoms with Crippen LogP contribution in [0.15, 0.2) is 54.6 Å². The molecule has 174 valence electrons. The molecule has 3 N–H and O–H groups in total. The molecule has 5 rings (SSSR count). The van der Waals surface area contributed by atoms with Gasteiger partial charge in [-0.15, -0.1) is 0 Å². The Labute approximate surface area is 199 Å². The zero-order chi connectivity index (χ0) is 23.5. The number of ether oxygens (including phenoxy) is 1. The number of hydrogen-bond donors (Lipinski definition) is 2. The Bertz CT molecular complexity index is 1220. The number of likely N-dealkylation sites (tertiary alicyclic amines) is 1. The highest BCUT2D eigenvalue weighted by Gasteiger charge is 2.35. The first-order chi connectivity index (χ1) is 16.6. The van der Waals surface area contributed by atoms with Crippen LogP contribution in [-0.4, -0.2) is 40.2 Å². The number of nitrogens with one attached hydrogen (secondary N) is 1. The second kappa shape index (κ2) is 9.52. The predicted octanol–water partition coefficient (Wildman–Crippen LogP) is 4.49. The number of rotatable bonds is 5. The fourth-order valence-electron chi connectivity index (χ4n) is 5.04. The van der Waals surface area contributed by atoms with Crippen LogP contribution in [0.4, 0.5) is 5.82 Å². The average molecular weight is 456 g/mol. The fourth-order valence-corrected chi connectivity index (χ4v) is 5.04. The van der Waals surface area contributed by atoms with E-state index in [0.717, 1.165) is 61.8 Å². The molecular formula is C27H29N5O2. The molecule has 1 fully saturated rings. The number of benzene rings is 2. The van der Waals surface area contributed by atoms with Gasteiger partial charge in [0.15, 0.2) is 0 Å². The van der Waals surface area contributed by atoms with Crippen molar-refractivity contribution in [1.82, 2.24) is 14.7 Å². The number of amides is 1. The molecule has 34 heavy (non-hydrogen) atoms. The summed E-state index contributed by atoms with van der Waals surface area (Å²) in [5.74, 6) is 5.24. The Morgan fingerprint density at radius 2 is 1.76 bits per heavy atom. The van der Waals surface area contributed by atoms with Gasteiger partial charge in [0.2, 0.25) is 0 Å². The second-order valence-corrected chi connectivity index (χ2v) is 8.79. The van der Waals surface area contributed by atoms with E-state index < -0.39 is 5.91 Å². The van der Waals surface area contributed by atoms with Crippen LogP contribution in [0.1, 0.15) is 42.6 Å². The van der Waals surface area contributed by atoms with Crippen LogP contribution in [0, 0.1) is 17.9 Å². The van der Waals surface area contributed by atoms with Gasteiger partial charge < -0.3 is 20.7 Å². The standard InChI is InChI=1S/C27H29N5O2/c1-2-16-31-17-13-19(14-18-31)23-12-15-29-27-24(26(28)33)25(30-32(23)27)20-8-10-22(11-9-20)34-21-6-4-3-5-7-21/h3-11,19,23,29H,12-15,17-18H2,1H3,(H2,28,33)/t23-/m0/s1. The van der Waals surface area contributed by atoms with E-state index in [2.05, 4.69) is 22.2 Å². The molecule has 7 heteroatoms. The highest BCUT2D eigenvalue weighted by molar-refractivity contribution is 6.03. The Kier molecular flexibility index (Phi) is 6.13. The van der Waals surface area contributed by atoms with Gasteiger partial charge in [0.05, 0.1) is 6.04 Å². The third-order valence-corrected chi connectivity index (χ3v) is 6.66. The number of piperidine rings is 1. The molecule has 3 aromatic rings. The van der Waals surface area contributed by atoms with Crippen LogP contribution in [0.25, 0.3) is 11.3 Å². The molecule has 3 heterocycles. The molecule has 1 amide bonds. The molecule has 0 spiro atoms. The van der Waals surface area contributed by atoms with Gasteiger partial charge in [-0.2, -0.15) is 5.10 Å². The van der Waals surface area contributed by atoms with E-state index in [-0.39, 0.29) is 6.04 Å². The van der Waals surface area contributed by atoms with Crippen molar-refractivity contribution in [3.63, 3.8) is 0 Å². The van der Waals surface area contributed by atoms with Crippen molar-refractivity contribution >= 4 is 11.7 Å². The van der Waals surface area contributed by atoms with Gasteiger partial charge in [0.25, 0.3) is 5.91 Å². The maximum atomic E-state index is 12.5. The number of primary amides is 1. The van der Waals surface area contributed by atoms with Gasteiger partial charge in [-0.25, -0.2) is 4.68 Å². The summed E-state index contributed by atoms with van der Waals surface area (Å²) in [5, 5.41) is 8.33. The topological polar surface area (TPSA) is 85.4 Å². The van der Waals surface area contributed by atoms with Crippen LogP contribution in [0.5, 0.6) is 11.5 Å². The summed E-state index contributed by atoms with van der Waals surface area (Å²) in [4.78, 5) is 14.7. The molecule has 2 aliphatic heterocycles. The first kappa shape index (κ1) is 21.9. The first-order valence-electron chi connectivity index (χ1n) is 11.8. The van der Waals surface area contributed by atoms with E-state index in [1.54, 1.807) is 0 Å².